The van der Waals surface area contributed by atoms with E-state index >= 15 is 0 Å². The number of fused-ring (bicyclic) bond motifs is 1. The summed E-state index contributed by atoms with van der Waals surface area (Å²) in [5.74, 6) is 0.673. The molecule has 1 aromatic rings. The number of benzene rings is 1. The highest BCUT2D eigenvalue weighted by atomic mass is 35.5. The van der Waals surface area contributed by atoms with E-state index in [4.69, 9.17) is 0 Å². The first-order valence-electron chi connectivity index (χ1n) is 6.72. The molecule has 3 nitrogen and oxygen atoms in total. The van der Waals surface area contributed by atoms with E-state index in [0.717, 1.165) is 25.9 Å². The van der Waals surface area contributed by atoms with Crippen LogP contribution in [0.5, 0.6) is 0 Å². The Morgan fingerprint density at radius 1 is 1.42 bits per heavy atom. The smallest absolute Gasteiger partial charge is 0.224 e. The number of rotatable bonds is 5. The third-order valence-corrected chi connectivity index (χ3v) is 3.74. The molecule has 2 atom stereocenters. The van der Waals surface area contributed by atoms with Crippen molar-refractivity contribution in [1.29, 1.82) is 0 Å². The number of carbonyl (C=O) groups is 1. The molecule has 0 saturated carbocycles. The standard InChI is InChI=1S/C15H22N2O.ClH/c1-11(9-16-2)15(18)17-10-13-8-7-12-5-3-4-6-14(12)13;/h3-6,11,13,16H,7-10H2,1-2H3,(H,17,18);1H. The first-order valence-corrected chi connectivity index (χ1v) is 6.72. The second-order valence-electron chi connectivity index (χ2n) is 5.14. The number of amides is 1. The van der Waals surface area contributed by atoms with Crippen LogP contribution in [-0.4, -0.2) is 26.0 Å². The van der Waals surface area contributed by atoms with Crippen molar-refractivity contribution < 1.29 is 4.79 Å². The van der Waals surface area contributed by atoms with Gasteiger partial charge in [0.25, 0.3) is 0 Å². The summed E-state index contributed by atoms with van der Waals surface area (Å²) in [7, 11) is 1.87. The number of aryl methyl sites for hydroxylation is 1. The van der Waals surface area contributed by atoms with Crippen molar-refractivity contribution in [2.24, 2.45) is 5.92 Å². The Hall–Kier alpha value is -1.06. The van der Waals surface area contributed by atoms with Crippen LogP contribution in [0.25, 0.3) is 0 Å². The van der Waals surface area contributed by atoms with Gasteiger partial charge in [-0.25, -0.2) is 0 Å². The fourth-order valence-corrected chi connectivity index (χ4v) is 2.65. The molecule has 4 heteroatoms. The summed E-state index contributed by atoms with van der Waals surface area (Å²) in [5, 5.41) is 6.10. The predicted molar refractivity (Wildman–Crippen MR) is 80.9 cm³/mol. The Morgan fingerprint density at radius 3 is 2.89 bits per heavy atom. The Balaban J connectivity index is 0.00000180. The zero-order valence-electron chi connectivity index (χ0n) is 11.6. The predicted octanol–water partition coefficient (Wildman–Crippen LogP) is 2.11. The molecule has 0 fully saturated rings. The van der Waals surface area contributed by atoms with E-state index in [2.05, 4.69) is 34.9 Å². The molecule has 0 aliphatic heterocycles. The van der Waals surface area contributed by atoms with Crippen LogP contribution < -0.4 is 10.6 Å². The fourth-order valence-electron chi connectivity index (χ4n) is 2.65. The minimum Gasteiger partial charge on any atom is -0.355 e. The summed E-state index contributed by atoms with van der Waals surface area (Å²) in [4.78, 5) is 11.9. The molecular weight excluding hydrogens is 260 g/mol. The van der Waals surface area contributed by atoms with Crippen LogP contribution >= 0.6 is 12.4 Å². The third kappa shape index (κ3) is 3.95. The van der Waals surface area contributed by atoms with E-state index in [1.165, 1.54) is 11.1 Å². The van der Waals surface area contributed by atoms with Gasteiger partial charge in [-0.1, -0.05) is 31.2 Å². The summed E-state index contributed by atoms with van der Waals surface area (Å²) in [6, 6.07) is 8.56. The lowest BCUT2D eigenvalue weighted by Gasteiger charge is -2.15. The second kappa shape index (κ2) is 7.51. The van der Waals surface area contributed by atoms with Gasteiger partial charge in [0.05, 0.1) is 0 Å². The van der Waals surface area contributed by atoms with Crippen molar-refractivity contribution in [3.63, 3.8) is 0 Å². The summed E-state index contributed by atoms with van der Waals surface area (Å²) < 4.78 is 0. The molecule has 0 aromatic heterocycles. The molecule has 1 aliphatic carbocycles. The van der Waals surface area contributed by atoms with Gasteiger partial charge in [0.15, 0.2) is 0 Å². The van der Waals surface area contributed by atoms with Crippen LogP contribution in [-0.2, 0) is 11.2 Å². The molecular formula is C15H23ClN2O. The molecule has 1 aromatic carbocycles. The lowest BCUT2D eigenvalue weighted by Crippen LogP contribution is -2.36. The van der Waals surface area contributed by atoms with Gasteiger partial charge >= 0.3 is 0 Å². The first-order chi connectivity index (χ1) is 8.72. The normalized spacial score (nSPS) is 18.3. The Labute approximate surface area is 121 Å². The third-order valence-electron chi connectivity index (χ3n) is 3.74. The molecule has 0 radical (unpaired) electrons. The van der Waals surface area contributed by atoms with Crippen LogP contribution in [0, 0.1) is 5.92 Å². The molecule has 0 bridgehead atoms. The quantitative estimate of drug-likeness (QED) is 0.868. The lowest BCUT2D eigenvalue weighted by molar-refractivity contribution is -0.124. The molecule has 2 N–H and O–H groups in total. The van der Waals surface area contributed by atoms with Crippen LogP contribution in [0.3, 0.4) is 0 Å². The first kappa shape index (κ1) is 16.0. The van der Waals surface area contributed by atoms with Crippen LogP contribution in [0.2, 0.25) is 0 Å². The molecule has 2 rings (SSSR count). The van der Waals surface area contributed by atoms with Gasteiger partial charge in [0.1, 0.15) is 0 Å². The van der Waals surface area contributed by atoms with E-state index in [9.17, 15) is 4.79 Å². The van der Waals surface area contributed by atoms with Crippen molar-refractivity contribution in [2.75, 3.05) is 20.1 Å². The van der Waals surface area contributed by atoms with Gasteiger partial charge in [0.2, 0.25) is 5.91 Å². The minimum absolute atomic E-state index is 0. The highest BCUT2D eigenvalue weighted by Gasteiger charge is 2.22. The van der Waals surface area contributed by atoms with Gasteiger partial charge < -0.3 is 10.6 Å². The minimum atomic E-state index is 0. The average Bonchev–Trinajstić information content (AvgIpc) is 2.79. The van der Waals surface area contributed by atoms with E-state index < -0.39 is 0 Å². The molecule has 0 heterocycles. The monoisotopic (exact) mass is 282 g/mol. The molecule has 19 heavy (non-hydrogen) atoms. The molecule has 1 amide bonds. The Morgan fingerprint density at radius 2 is 2.16 bits per heavy atom. The van der Waals surface area contributed by atoms with Crippen molar-refractivity contribution in [2.45, 2.75) is 25.7 Å². The van der Waals surface area contributed by atoms with Gasteiger partial charge in [0, 0.05) is 24.9 Å². The molecule has 106 valence electrons. The van der Waals surface area contributed by atoms with Gasteiger partial charge in [-0.15, -0.1) is 12.4 Å². The highest BCUT2D eigenvalue weighted by Crippen LogP contribution is 2.32. The average molecular weight is 283 g/mol. The number of nitrogens with one attached hydrogen (secondary N) is 2. The van der Waals surface area contributed by atoms with E-state index in [0.29, 0.717) is 5.92 Å². The van der Waals surface area contributed by atoms with Gasteiger partial charge in [-0.3, -0.25) is 4.79 Å². The van der Waals surface area contributed by atoms with Crippen molar-refractivity contribution in [3.8, 4) is 0 Å². The maximum absolute atomic E-state index is 11.9. The number of hydrogen-bond acceptors (Lipinski definition) is 2. The van der Waals surface area contributed by atoms with E-state index in [1.54, 1.807) is 0 Å². The molecule has 0 spiro atoms. The topological polar surface area (TPSA) is 41.1 Å². The van der Waals surface area contributed by atoms with Crippen LogP contribution in [0.1, 0.15) is 30.4 Å². The summed E-state index contributed by atoms with van der Waals surface area (Å²) in [6.07, 6.45) is 2.29. The Kier molecular flexibility index (Phi) is 6.32. The second-order valence-corrected chi connectivity index (χ2v) is 5.14. The van der Waals surface area contributed by atoms with Crippen LogP contribution in [0.4, 0.5) is 0 Å². The van der Waals surface area contributed by atoms with Crippen molar-refractivity contribution in [3.05, 3.63) is 35.4 Å². The highest BCUT2D eigenvalue weighted by molar-refractivity contribution is 5.85. The summed E-state index contributed by atoms with van der Waals surface area (Å²) >= 11 is 0. The largest absolute Gasteiger partial charge is 0.355 e. The zero-order chi connectivity index (χ0) is 13.0. The SMILES string of the molecule is CNCC(C)C(=O)NCC1CCc2ccccc21.Cl. The number of carbonyl (C=O) groups excluding carboxylic acids is 1. The van der Waals surface area contributed by atoms with E-state index in [-0.39, 0.29) is 24.2 Å². The van der Waals surface area contributed by atoms with Gasteiger partial charge in [-0.05, 0) is 31.0 Å². The number of halogens is 1. The van der Waals surface area contributed by atoms with Gasteiger partial charge in [-0.2, -0.15) is 0 Å². The molecule has 0 saturated heterocycles. The summed E-state index contributed by atoms with van der Waals surface area (Å²) in [5.41, 5.74) is 2.86. The summed E-state index contributed by atoms with van der Waals surface area (Å²) in [6.45, 7) is 3.45. The number of hydrogen-bond donors (Lipinski definition) is 2. The van der Waals surface area contributed by atoms with Crippen molar-refractivity contribution >= 4 is 18.3 Å². The Bertz CT molecular complexity index is 422. The molecule has 1 aliphatic rings. The van der Waals surface area contributed by atoms with E-state index in [1.807, 2.05) is 14.0 Å². The zero-order valence-corrected chi connectivity index (χ0v) is 12.4. The fraction of sp³-hybridized carbons (Fsp3) is 0.533. The molecule has 2 unspecified atom stereocenters. The lowest BCUT2D eigenvalue weighted by atomic mass is 10.0. The maximum Gasteiger partial charge on any atom is 0.224 e. The van der Waals surface area contributed by atoms with Crippen LogP contribution in [0.15, 0.2) is 24.3 Å². The maximum atomic E-state index is 11.9. The van der Waals surface area contributed by atoms with Crippen molar-refractivity contribution in [1.82, 2.24) is 10.6 Å².